The van der Waals surface area contributed by atoms with Gasteiger partial charge in [-0.3, -0.25) is 0 Å². The molecule has 112 valence electrons. The molecule has 1 aromatic heterocycles. The van der Waals surface area contributed by atoms with E-state index in [1.165, 1.54) is 16.7 Å². The first-order valence-electron chi connectivity index (χ1n) is 7.21. The fraction of sp³-hybridized carbons (Fsp3) is 0.222. The van der Waals surface area contributed by atoms with Gasteiger partial charge < -0.3 is 9.15 Å². The van der Waals surface area contributed by atoms with Crippen LogP contribution in [0.1, 0.15) is 22.6 Å². The molecule has 0 atom stereocenters. The van der Waals surface area contributed by atoms with E-state index in [-0.39, 0.29) is 6.61 Å². The Kier molecular flexibility index (Phi) is 3.92. The molecule has 4 heteroatoms. The third kappa shape index (κ3) is 3.17. The molecule has 0 saturated carbocycles. The van der Waals surface area contributed by atoms with Crippen molar-refractivity contribution in [2.75, 3.05) is 0 Å². The largest absolute Gasteiger partial charge is 0.484 e. The van der Waals surface area contributed by atoms with Crippen molar-refractivity contribution < 1.29 is 9.15 Å². The van der Waals surface area contributed by atoms with Gasteiger partial charge >= 0.3 is 0 Å². The first-order valence-corrected chi connectivity index (χ1v) is 7.21. The molecule has 0 aliphatic heterocycles. The van der Waals surface area contributed by atoms with Crippen LogP contribution in [0.4, 0.5) is 0 Å². The van der Waals surface area contributed by atoms with Crippen molar-refractivity contribution in [2.45, 2.75) is 27.4 Å². The molecule has 22 heavy (non-hydrogen) atoms. The Morgan fingerprint density at radius 3 is 2.41 bits per heavy atom. The number of aryl methyl sites for hydroxylation is 3. The quantitative estimate of drug-likeness (QED) is 0.722. The van der Waals surface area contributed by atoms with E-state index >= 15 is 0 Å². The van der Waals surface area contributed by atoms with Gasteiger partial charge in [0.15, 0.2) is 6.61 Å². The van der Waals surface area contributed by atoms with Gasteiger partial charge in [-0.2, -0.15) is 0 Å². The molecule has 0 unspecified atom stereocenters. The average Bonchev–Trinajstić information content (AvgIpc) is 2.98. The van der Waals surface area contributed by atoms with Crippen molar-refractivity contribution in [3.8, 4) is 17.2 Å². The summed E-state index contributed by atoms with van der Waals surface area (Å²) in [5, 5.41) is 8.09. The molecule has 0 amide bonds. The number of ether oxygens (including phenoxy) is 1. The fourth-order valence-electron chi connectivity index (χ4n) is 2.07. The molecule has 4 nitrogen and oxygen atoms in total. The van der Waals surface area contributed by atoms with E-state index in [0.29, 0.717) is 11.8 Å². The Labute approximate surface area is 129 Å². The van der Waals surface area contributed by atoms with Crippen LogP contribution in [0.2, 0.25) is 0 Å². The van der Waals surface area contributed by atoms with Gasteiger partial charge in [-0.05, 0) is 56.2 Å². The minimum Gasteiger partial charge on any atom is -0.484 e. The smallest absolute Gasteiger partial charge is 0.254 e. The van der Waals surface area contributed by atoms with Crippen LogP contribution >= 0.6 is 0 Å². The minimum atomic E-state index is 0.265. The van der Waals surface area contributed by atoms with Crippen LogP contribution in [-0.2, 0) is 6.61 Å². The third-order valence-corrected chi connectivity index (χ3v) is 3.61. The van der Waals surface area contributed by atoms with Crippen LogP contribution < -0.4 is 4.74 Å². The molecule has 0 N–H and O–H groups in total. The molecule has 3 rings (SSSR count). The van der Waals surface area contributed by atoms with E-state index in [4.69, 9.17) is 9.15 Å². The van der Waals surface area contributed by atoms with Gasteiger partial charge in [-0.25, -0.2) is 0 Å². The molecule has 0 spiro atoms. The van der Waals surface area contributed by atoms with Gasteiger partial charge in [-0.15, -0.1) is 10.2 Å². The summed E-state index contributed by atoms with van der Waals surface area (Å²) in [5.41, 5.74) is 4.55. The molecule has 2 aromatic carbocycles. The van der Waals surface area contributed by atoms with E-state index in [2.05, 4.69) is 24.0 Å². The predicted molar refractivity (Wildman–Crippen MR) is 84.7 cm³/mol. The highest BCUT2D eigenvalue weighted by atomic mass is 16.5. The number of benzene rings is 2. The first kappa shape index (κ1) is 14.3. The van der Waals surface area contributed by atoms with Crippen LogP contribution in [0.3, 0.4) is 0 Å². The number of aromatic nitrogens is 2. The van der Waals surface area contributed by atoms with Gasteiger partial charge in [0.2, 0.25) is 5.89 Å². The van der Waals surface area contributed by atoms with Gasteiger partial charge in [0.25, 0.3) is 5.89 Å². The summed E-state index contributed by atoms with van der Waals surface area (Å²) in [6, 6.07) is 14.0. The van der Waals surface area contributed by atoms with Crippen LogP contribution in [-0.4, -0.2) is 10.2 Å². The Morgan fingerprint density at radius 1 is 0.909 bits per heavy atom. The van der Waals surface area contributed by atoms with Gasteiger partial charge in [-0.1, -0.05) is 23.8 Å². The van der Waals surface area contributed by atoms with E-state index in [1.54, 1.807) is 0 Å². The lowest BCUT2D eigenvalue weighted by Crippen LogP contribution is -1.96. The maximum absolute atomic E-state index is 5.70. The van der Waals surface area contributed by atoms with Crippen molar-refractivity contribution in [1.82, 2.24) is 10.2 Å². The van der Waals surface area contributed by atoms with Gasteiger partial charge in [0, 0.05) is 5.56 Å². The molecule has 3 aromatic rings. The highest BCUT2D eigenvalue weighted by molar-refractivity contribution is 5.52. The summed E-state index contributed by atoms with van der Waals surface area (Å²) in [6.45, 7) is 6.44. The molecule has 0 fully saturated rings. The summed E-state index contributed by atoms with van der Waals surface area (Å²) in [6.07, 6.45) is 0. The summed E-state index contributed by atoms with van der Waals surface area (Å²) in [7, 11) is 0. The zero-order valence-electron chi connectivity index (χ0n) is 13.0. The van der Waals surface area contributed by atoms with Crippen molar-refractivity contribution in [3.05, 3.63) is 65.0 Å². The number of nitrogens with zero attached hydrogens (tertiary/aromatic N) is 2. The second kappa shape index (κ2) is 6.02. The normalized spacial score (nSPS) is 10.7. The second-order valence-electron chi connectivity index (χ2n) is 5.40. The predicted octanol–water partition coefficient (Wildman–Crippen LogP) is 4.24. The monoisotopic (exact) mass is 294 g/mol. The highest BCUT2D eigenvalue weighted by Gasteiger charge is 2.09. The molecule has 0 aliphatic rings. The Balaban J connectivity index is 1.69. The molecule has 0 radical (unpaired) electrons. The Bertz CT molecular complexity index is 776. The lowest BCUT2D eigenvalue weighted by molar-refractivity contribution is 0.264. The van der Waals surface area contributed by atoms with Gasteiger partial charge in [0.05, 0.1) is 0 Å². The molecule has 1 heterocycles. The first-order chi connectivity index (χ1) is 10.6. The Hall–Kier alpha value is -2.62. The number of hydrogen-bond acceptors (Lipinski definition) is 4. The summed E-state index contributed by atoms with van der Waals surface area (Å²) >= 11 is 0. The maximum atomic E-state index is 5.70. The second-order valence-corrected chi connectivity index (χ2v) is 5.40. The number of rotatable bonds is 4. The number of hydrogen-bond donors (Lipinski definition) is 0. The lowest BCUT2D eigenvalue weighted by Gasteiger charge is -2.05. The van der Waals surface area contributed by atoms with E-state index in [1.807, 2.05) is 49.4 Å². The highest BCUT2D eigenvalue weighted by Crippen LogP contribution is 2.20. The molecule has 0 saturated heterocycles. The average molecular weight is 294 g/mol. The molecule has 0 aliphatic carbocycles. The molecular formula is C18H18N2O2. The van der Waals surface area contributed by atoms with Crippen LogP contribution in [0.25, 0.3) is 11.5 Å². The van der Waals surface area contributed by atoms with Crippen molar-refractivity contribution in [2.24, 2.45) is 0 Å². The zero-order valence-corrected chi connectivity index (χ0v) is 13.0. The zero-order chi connectivity index (χ0) is 15.5. The topological polar surface area (TPSA) is 48.2 Å². The SMILES string of the molecule is Cc1ccc(-c2nnc(COc3ccc(C)c(C)c3)o2)cc1. The van der Waals surface area contributed by atoms with Crippen LogP contribution in [0, 0.1) is 20.8 Å². The Morgan fingerprint density at radius 2 is 1.68 bits per heavy atom. The fourth-order valence-corrected chi connectivity index (χ4v) is 2.07. The van der Waals surface area contributed by atoms with Gasteiger partial charge in [0.1, 0.15) is 5.75 Å². The van der Waals surface area contributed by atoms with Crippen LogP contribution in [0.5, 0.6) is 5.75 Å². The summed E-state index contributed by atoms with van der Waals surface area (Å²) in [4.78, 5) is 0. The van der Waals surface area contributed by atoms with Crippen molar-refractivity contribution >= 4 is 0 Å². The van der Waals surface area contributed by atoms with Crippen molar-refractivity contribution in [1.29, 1.82) is 0 Å². The van der Waals surface area contributed by atoms with E-state index < -0.39 is 0 Å². The molecular weight excluding hydrogens is 276 g/mol. The van der Waals surface area contributed by atoms with E-state index in [0.717, 1.165) is 11.3 Å². The minimum absolute atomic E-state index is 0.265. The molecule has 0 bridgehead atoms. The van der Waals surface area contributed by atoms with Crippen LogP contribution in [0.15, 0.2) is 46.9 Å². The third-order valence-electron chi connectivity index (χ3n) is 3.61. The van der Waals surface area contributed by atoms with Crippen molar-refractivity contribution in [3.63, 3.8) is 0 Å². The lowest BCUT2D eigenvalue weighted by atomic mass is 10.1. The maximum Gasteiger partial charge on any atom is 0.254 e. The summed E-state index contributed by atoms with van der Waals surface area (Å²) in [5.74, 6) is 1.78. The summed E-state index contributed by atoms with van der Waals surface area (Å²) < 4.78 is 11.3. The van der Waals surface area contributed by atoms with E-state index in [9.17, 15) is 0 Å². The standard InChI is InChI=1S/C18H18N2O2/c1-12-4-7-15(8-5-12)18-20-19-17(22-18)11-21-16-9-6-13(2)14(3)10-16/h4-10H,11H2,1-3H3.